The van der Waals surface area contributed by atoms with Crippen molar-refractivity contribution in [3.05, 3.63) is 56.3 Å². The van der Waals surface area contributed by atoms with Crippen molar-refractivity contribution >= 4 is 22.7 Å². The van der Waals surface area contributed by atoms with E-state index in [0.717, 1.165) is 5.56 Å². The molecule has 0 aliphatic heterocycles. The van der Waals surface area contributed by atoms with E-state index in [-0.39, 0.29) is 16.7 Å². The van der Waals surface area contributed by atoms with Gasteiger partial charge in [0.05, 0.1) is 11.0 Å². The van der Waals surface area contributed by atoms with E-state index in [0.29, 0.717) is 11.6 Å². The summed E-state index contributed by atoms with van der Waals surface area (Å²) in [6.07, 6.45) is 0. The Labute approximate surface area is 122 Å². The number of rotatable bonds is 5. The van der Waals surface area contributed by atoms with Crippen molar-refractivity contribution in [2.24, 2.45) is 5.92 Å². The van der Waals surface area contributed by atoms with Gasteiger partial charge in [0.25, 0.3) is 5.69 Å². The number of aryl methyl sites for hydroxylation is 1. The molecule has 0 fully saturated rings. The molecule has 0 saturated carbocycles. The Morgan fingerprint density at radius 1 is 1.30 bits per heavy atom. The lowest BCUT2D eigenvalue weighted by atomic mass is 10.0. The van der Waals surface area contributed by atoms with Crippen LogP contribution in [0.1, 0.15) is 30.3 Å². The Morgan fingerprint density at radius 3 is 2.60 bits per heavy atom. The van der Waals surface area contributed by atoms with E-state index in [9.17, 15) is 10.1 Å². The van der Waals surface area contributed by atoms with Gasteiger partial charge >= 0.3 is 0 Å². The molecule has 4 nitrogen and oxygen atoms in total. The Morgan fingerprint density at radius 2 is 2.05 bits per heavy atom. The molecule has 0 radical (unpaired) electrons. The van der Waals surface area contributed by atoms with Crippen molar-refractivity contribution in [3.8, 4) is 0 Å². The SMILES string of the molecule is Cc1ccc(NC(c2cccs2)C(C)C)c([N+](=O)[O-])c1. The number of thiophene rings is 1. The Bertz CT molecular complexity index is 594. The first-order chi connectivity index (χ1) is 9.49. The minimum Gasteiger partial charge on any atom is -0.372 e. The van der Waals surface area contributed by atoms with Crippen molar-refractivity contribution in [3.63, 3.8) is 0 Å². The van der Waals surface area contributed by atoms with Crippen LogP contribution in [0.5, 0.6) is 0 Å². The van der Waals surface area contributed by atoms with E-state index >= 15 is 0 Å². The van der Waals surface area contributed by atoms with E-state index in [1.807, 2.05) is 24.4 Å². The second-order valence-corrected chi connectivity index (χ2v) is 6.14. The molecule has 1 atom stereocenters. The number of nitrogens with zero attached hydrogens (tertiary/aromatic N) is 1. The summed E-state index contributed by atoms with van der Waals surface area (Å²) in [5, 5.41) is 16.5. The van der Waals surface area contributed by atoms with E-state index in [2.05, 4.69) is 25.2 Å². The summed E-state index contributed by atoms with van der Waals surface area (Å²) < 4.78 is 0. The molecule has 1 unspecified atom stereocenters. The van der Waals surface area contributed by atoms with Crippen molar-refractivity contribution in [2.45, 2.75) is 26.8 Å². The molecule has 0 aliphatic rings. The zero-order valence-electron chi connectivity index (χ0n) is 11.8. The van der Waals surface area contributed by atoms with Gasteiger partial charge in [-0.2, -0.15) is 0 Å². The standard InChI is InChI=1S/C15H18N2O2S/c1-10(2)15(14-5-4-8-20-14)16-12-7-6-11(3)9-13(12)17(18)19/h4-10,15-16H,1-3H3. The Hall–Kier alpha value is -1.88. The molecule has 0 spiro atoms. The molecule has 106 valence electrons. The van der Waals surface area contributed by atoms with Gasteiger partial charge in [0.2, 0.25) is 0 Å². The maximum Gasteiger partial charge on any atom is 0.292 e. The normalized spacial score (nSPS) is 12.4. The second-order valence-electron chi connectivity index (χ2n) is 5.16. The maximum absolute atomic E-state index is 11.2. The number of nitro groups is 1. The van der Waals surface area contributed by atoms with Crippen molar-refractivity contribution in [1.29, 1.82) is 0 Å². The lowest BCUT2D eigenvalue weighted by Gasteiger charge is -2.22. The predicted octanol–water partition coefficient (Wildman–Crippen LogP) is 4.77. The Kier molecular flexibility index (Phi) is 4.39. The van der Waals surface area contributed by atoms with Crippen LogP contribution in [0, 0.1) is 23.0 Å². The molecular weight excluding hydrogens is 272 g/mol. The lowest BCUT2D eigenvalue weighted by Crippen LogP contribution is -2.16. The third-order valence-corrected chi connectivity index (χ3v) is 4.13. The van der Waals surface area contributed by atoms with Gasteiger partial charge in [0.1, 0.15) is 5.69 Å². The van der Waals surface area contributed by atoms with Gasteiger partial charge in [-0.1, -0.05) is 26.0 Å². The quantitative estimate of drug-likeness (QED) is 0.637. The first-order valence-electron chi connectivity index (χ1n) is 6.54. The van der Waals surface area contributed by atoms with E-state index in [4.69, 9.17) is 0 Å². The monoisotopic (exact) mass is 290 g/mol. The number of nitrogens with one attached hydrogen (secondary N) is 1. The molecule has 1 N–H and O–H groups in total. The fourth-order valence-corrected chi connectivity index (χ4v) is 3.07. The summed E-state index contributed by atoms with van der Waals surface area (Å²) in [7, 11) is 0. The van der Waals surface area contributed by atoms with Gasteiger partial charge in [-0.15, -0.1) is 11.3 Å². The summed E-state index contributed by atoms with van der Waals surface area (Å²) in [4.78, 5) is 12.0. The summed E-state index contributed by atoms with van der Waals surface area (Å²) in [5.41, 5.74) is 1.60. The third-order valence-electron chi connectivity index (χ3n) is 3.18. The summed E-state index contributed by atoms with van der Waals surface area (Å²) in [6.45, 7) is 6.07. The van der Waals surface area contributed by atoms with E-state index in [1.165, 1.54) is 4.88 Å². The van der Waals surface area contributed by atoms with Gasteiger partial charge in [0.15, 0.2) is 0 Å². The number of nitro benzene ring substituents is 1. The molecule has 0 aliphatic carbocycles. The molecule has 5 heteroatoms. The van der Waals surface area contributed by atoms with Crippen LogP contribution >= 0.6 is 11.3 Å². The van der Waals surface area contributed by atoms with Gasteiger partial charge in [-0.3, -0.25) is 10.1 Å². The van der Waals surface area contributed by atoms with E-state index < -0.39 is 0 Å². The molecule has 0 amide bonds. The van der Waals surface area contributed by atoms with Crippen LogP contribution in [-0.2, 0) is 0 Å². The van der Waals surface area contributed by atoms with Crippen molar-refractivity contribution in [2.75, 3.05) is 5.32 Å². The number of hydrogen-bond acceptors (Lipinski definition) is 4. The average Bonchev–Trinajstić information content (AvgIpc) is 2.90. The number of anilines is 1. The fourth-order valence-electron chi connectivity index (χ4n) is 2.12. The highest BCUT2D eigenvalue weighted by molar-refractivity contribution is 7.10. The topological polar surface area (TPSA) is 55.2 Å². The highest BCUT2D eigenvalue weighted by Gasteiger charge is 2.21. The molecule has 2 aromatic rings. The largest absolute Gasteiger partial charge is 0.372 e. The predicted molar refractivity (Wildman–Crippen MR) is 83.4 cm³/mol. The van der Waals surface area contributed by atoms with Crippen LogP contribution < -0.4 is 5.32 Å². The molecule has 1 aromatic heterocycles. The molecular formula is C15H18N2O2S. The second kappa shape index (κ2) is 6.05. The molecule has 1 aromatic carbocycles. The number of hydrogen-bond donors (Lipinski definition) is 1. The average molecular weight is 290 g/mol. The molecule has 1 heterocycles. The maximum atomic E-state index is 11.2. The summed E-state index contributed by atoms with van der Waals surface area (Å²) in [5.74, 6) is 0.342. The number of benzene rings is 1. The van der Waals surface area contributed by atoms with Crippen molar-refractivity contribution < 1.29 is 4.92 Å². The van der Waals surface area contributed by atoms with Crippen LogP contribution in [0.25, 0.3) is 0 Å². The zero-order chi connectivity index (χ0) is 14.7. The van der Waals surface area contributed by atoms with Gasteiger partial charge in [0, 0.05) is 10.9 Å². The van der Waals surface area contributed by atoms with Gasteiger partial charge in [-0.25, -0.2) is 0 Å². The Balaban J connectivity index is 2.34. The minimum absolute atomic E-state index is 0.0800. The van der Waals surface area contributed by atoms with Gasteiger partial charge < -0.3 is 5.32 Å². The molecule has 2 rings (SSSR count). The third kappa shape index (κ3) is 3.17. The highest BCUT2D eigenvalue weighted by Crippen LogP contribution is 2.33. The van der Waals surface area contributed by atoms with Crippen LogP contribution in [0.15, 0.2) is 35.7 Å². The highest BCUT2D eigenvalue weighted by atomic mass is 32.1. The minimum atomic E-state index is -0.332. The smallest absolute Gasteiger partial charge is 0.292 e. The van der Waals surface area contributed by atoms with Gasteiger partial charge in [-0.05, 0) is 35.9 Å². The first-order valence-corrected chi connectivity index (χ1v) is 7.42. The van der Waals surface area contributed by atoms with E-state index in [1.54, 1.807) is 23.5 Å². The lowest BCUT2D eigenvalue weighted by molar-refractivity contribution is -0.384. The zero-order valence-corrected chi connectivity index (χ0v) is 12.6. The molecule has 20 heavy (non-hydrogen) atoms. The van der Waals surface area contributed by atoms with Crippen LogP contribution in [0.4, 0.5) is 11.4 Å². The fraction of sp³-hybridized carbons (Fsp3) is 0.333. The summed E-state index contributed by atoms with van der Waals surface area (Å²) >= 11 is 1.66. The molecule has 0 saturated heterocycles. The van der Waals surface area contributed by atoms with Crippen LogP contribution in [-0.4, -0.2) is 4.92 Å². The molecule has 0 bridgehead atoms. The summed E-state index contributed by atoms with van der Waals surface area (Å²) in [6, 6.07) is 9.42. The van der Waals surface area contributed by atoms with Crippen LogP contribution in [0.3, 0.4) is 0 Å². The van der Waals surface area contributed by atoms with Crippen molar-refractivity contribution in [1.82, 2.24) is 0 Å². The van der Waals surface area contributed by atoms with Crippen LogP contribution in [0.2, 0.25) is 0 Å². The first kappa shape index (κ1) is 14.5.